The smallest absolute Gasteiger partial charge is 0.228 e. The highest BCUT2D eigenvalue weighted by Crippen LogP contribution is 2.16. The lowest BCUT2D eigenvalue weighted by Gasteiger charge is -2.06. The first-order chi connectivity index (χ1) is 9.81. The number of aromatic nitrogens is 4. The van der Waals surface area contributed by atoms with Gasteiger partial charge < -0.3 is 5.32 Å². The van der Waals surface area contributed by atoms with Crippen molar-refractivity contribution >= 4 is 11.8 Å². The van der Waals surface area contributed by atoms with Crippen LogP contribution in [0.3, 0.4) is 0 Å². The average molecular weight is 263 g/mol. The molecule has 5 heteroatoms. The minimum atomic E-state index is 0.506. The van der Waals surface area contributed by atoms with Crippen LogP contribution in [0.2, 0.25) is 0 Å². The first-order valence-electron chi connectivity index (χ1n) is 6.25. The number of hydrogen-bond donors (Lipinski definition) is 1. The van der Waals surface area contributed by atoms with E-state index in [4.69, 9.17) is 0 Å². The van der Waals surface area contributed by atoms with Crippen molar-refractivity contribution in [2.24, 2.45) is 0 Å². The Hall–Kier alpha value is -2.82. The number of anilines is 2. The van der Waals surface area contributed by atoms with Gasteiger partial charge in [0.25, 0.3) is 0 Å². The molecular formula is C15H13N5. The molecule has 3 aromatic heterocycles. The molecule has 98 valence electrons. The van der Waals surface area contributed by atoms with Crippen LogP contribution in [-0.2, 0) is 0 Å². The van der Waals surface area contributed by atoms with Crippen molar-refractivity contribution in [3.05, 3.63) is 60.6 Å². The van der Waals surface area contributed by atoms with Crippen LogP contribution in [-0.4, -0.2) is 19.9 Å². The summed E-state index contributed by atoms with van der Waals surface area (Å²) in [5.74, 6) is 1.23. The van der Waals surface area contributed by atoms with Crippen LogP contribution in [0.15, 0.2) is 55.0 Å². The van der Waals surface area contributed by atoms with Crippen molar-refractivity contribution in [1.82, 2.24) is 19.9 Å². The molecule has 0 saturated heterocycles. The Bertz CT molecular complexity index is 712. The van der Waals surface area contributed by atoms with E-state index in [1.807, 2.05) is 43.3 Å². The van der Waals surface area contributed by atoms with Crippen LogP contribution < -0.4 is 5.32 Å². The summed E-state index contributed by atoms with van der Waals surface area (Å²) in [4.78, 5) is 17.2. The lowest BCUT2D eigenvalue weighted by molar-refractivity contribution is 1.13. The quantitative estimate of drug-likeness (QED) is 0.787. The molecule has 0 unspecified atom stereocenters. The molecule has 1 N–H and O–H groups in total. The highest BCUT2D eigenvalue weighted by Gasteiger charge is 2.03. The van der Waals surface area contributed by atoms with Crippen molar-refractivity contribution in [2.45, 2.75) is 6.92 Å². The Morgan fingerprint density at radius 3 is 2.55 bits per heavy atom. The van der Waals surface area contributed by atoms with E-state index in [9.17, 15) is 0 Å². The van der Waals surface area contributed by atoms with Crippen LogP contribution >= 0.6 is 0 Å². The zero-order valence-electron chi connectivity index (χ0n) is 11.0. The topological polar surface area (TPSA) is 63.6 Å². The second-order valence-electron chi connectivity index (χ2n) is 4.32. The fraction of sp³-hybridized carbons (Fsp3) is 0.0667. The summed E-state index contributed by atoms with van der Waals surface area (Å²) in [5.41, 5.74) is 2.72. The molecule has 0 radical (unpaired) electrons. The van der Waals surface area contributed by atoms with Gasteiger partial charge in [0.05, 0.1) is 11.4 Å². The molecule has 0 fully saturated rings. The molecule has 3 rings (SSSR count). The van der Waals surface area contributed by atoms with E-state index in [0.29, 0.717) is 5.95 Å². The Labute approximate surface area is 116 Å². The van der Waals surface area contributed by atoms with Gasteiger partial charge in [0.15, 0.2) is 0 Å². The van der Waals surface area contributed by atoms with Gasteiger partial charge in [-0.25, -0.2) is 15.0 Å². The van der Waals surface area contributed by atoms with Gasteiger partial charge in [-0.15, -0.1) is 0 Å². The number of hydrogen-bond acceptors (Lipinski definition) is 5. The molecule has 0 saturated carbocycles. The van der Waals surface area contributed by atoms with Crippen molar-refractivity contribution in [3.63, 3.8) is 0 Å². The number of nitrogens with zero attached hydrogens (tertiary/aromatic N) is 4. The van der Waals surface area contributed by atoms with Gasteiger partial charge in [-0.05, 0) is 42.8 Å². The highest BCUT2D eigenvalue weighted by atomic mass is 15.1. The number of nitrogens with one attached hydrogen (secondary N) is 1. The molecule has 0 aromatic carbocycles. The Balaban J connectivity index is 1.88. The van der Waals surface area contributed by atoms with Crippen LogP contribution in [0.1, 0.15) is 5.56 Å². The van der Waals surface area contributed by atoms with Gasteiger partial charge in [0, 0.05) is 18.6 Å². The molecule has 3 heterocycles. The van der Waals surface area contributed by atoms with Crippen LogP contribution in [0.4, 0.5) is 11.8 Å². The normalized spacial score (nSPS) is 10.2. The highest BCUT2D eigenvalue weighted by molar-refractivity contribution is 5.57. The lowest BCUT2D eigenvalue weighted by atomic mass is 10.2. The molecule has 0 spiro atoms. The first kappa shape index (κ1) is 12.2. The second kappa shape index (κ2) is 5.44. The summed E-state index contributed by atoms with van der Waals surface area (Å²) >= 11 is 0. The summed E-state index contributed by atoms with van der Waals surface area (Å²) in [5, 5.41) is 3.09. The van der Waals surface area contributed by atoms with E-state index >= 15 is 0 Å². The van der Waals surface area contributed by atoms with E-state index in [1.54, 1.807) is 18.6 Å². The molecular weight excluding hydrogens is 250 g/mol. The summed E-state index contributed by atoms with van der Waals surface area (Å²) in [6.07, 6.45) is 5.20. The van der Waals surface area contributed by atoms with Gasteiger partial charge in [-0.2, -0.15) is 0 Å². The van der Waals surface area contributed by atoms with Crippen molar-refractivity contribution in [2.75, 3.05) is 5.32 Å². The monoisotopic (exact) mass is 263 g/mol. The molecule has 0 aliphatic rings. The second-order valence-corrected chi connectivity index (χ2v) is 4.32. The minimum Gasteiger partial charge on any atom is -0.309 e. The zero-order chi connectivity index (χ0) is 13.8. The molecule has 0 atom stereocenters. The van der Waals surface area contributed by atoms with E-state index < -0.39 is 0 Å². The maximum Gasteiger partial charge on any atom is 0.228 e. The minimum absolute atomic E-state index is 0.506. The third-order valence-corrected chi connectivity index (χ3v) is 2.74. The van der Waals surface area contributed by atoms with E-state index in [2.05, 4.69) is 25.3 Å². The molecule has 20 heavy (non-hydrogen) atoms. The predicted octanol–water partition coefficient (Wildman–Crippen LogP) is 2.99. The van der Waals surface area contributed by atoms with Crippen molar-refractivity contribution < 1.29 is 0 Å². The van der Waals surface area contributed by atoms with Gasteiger partial charge in [0.2, 0.25) is 5.95 Å². The van der Waals surface area contributed by atoms with Crippen LogP contribution in [0.5, 0.6) is 0 Å². The Morgan fingerprint density at radius 2 is 1.75 bits per heavy atom. The molecule has 0 bridgehead atoms. The molecule has 0 amide bonds. The fourth-order valence-electron chi connectivity index (χ4n) is 1.79. The number of aryl methyl sites for hydroxylation is 1. The van der Waals surface area contributed by atoms with Gasteiger partial charge in [-0.3, -0.25) is 4.98 Å². The molecule has 5 nitrogen and oxygen atoms in total. The molecule has 3 aromatic rings. The predicted molar refractivity (Wildman–Crippen MR) is 77.5 cm³/mol. The maximum absolute atomic E-state index is 4.44. The van der Waals surface area contributed by atoms with Gasteiger partial charge in [0.1, 0.15) is 5.82 Å². The zero-order valence-corrected chi connectivity index (χ0v) is 11.0. The summed E-state index contributed by atoms with van der Waals surface area (Å²) < 4.78 is 0. The fourth-order valence-corrected chi connectivity index (χ4v) is 1.79. The largest absolute Gasteiger partial charge is 0.309 e. The van der Waals surface area contributed by atoms with Crippen molar-refractivity contribution in [3.8, 4) is 11.4 Å². The lowest BCUT2D eigenvalue weighted by Crippen LogP contribution is -2.00. The summed E-state index contributed by atoms with van der Waals surface area (Å²) in [6, 6.07) is 11.4. The van der Waals surface area contributed by atoms with Gasteiger partial charge in [-0.1, -0.05) is 6.07 Å². The molecule has 0 aliphatic heterocycles. The Morgan fingerprint density at radius 1 is 0.850 bits per heavy atom. The number of rotatable bonds is 3. The summed E-state index contributed by atoms with van der Waals surface area (Å²) in [7, 11) is 0. The van der Waals surface area contributed by atoms with E-state index in [1.165, 1.54) is 0 Å². The SMILES string of the molecule is Cc1ccnc(Nc2nccc(-c3ccccn3)n2)c1. The maximum atomic E-state index is 4.44. The number of pyridine rings is 2. The van der Waals surface area contributed by atoms with Crippen LogP contribution in [0, 0.1) is 6.92 Å². The third kappa shape index (κ3) is 2.77. The first-order valence-corrected chi connectivity index (χ1v) is 6.25. The van der Waals surface area contributed by atoms with Crippen molar-refractivity contribution in [1.29, 1.82) is 0 Å². The Kier molecular flexibility index (Phi) is 3.33. The standard InChI is InChI=1S/C15H13N5/c1-11-5-8-17-14(10-11)20-15-18-9-6-13(19-15)12-4-2-3-7-16-12/h2-10H,1H3,(H,17,18,19,20). The van der Waals surface area contributed by atoms with E-state index in [-0.39, 0.29) is 0 Å². The summed E-state index contributed by atoms with van der Waals surface area (Å²) in [6.45, 7) is 2.01. The van der Waals surface area contributed by atoms with E-state index in [0.717, 1.165) is 22.8 Å². The third-order valence-electron chi connectivity index (χ3n) is 2.74. The molecule has 0 aliphatic carbocycles. The average Bonchev–Trinajstić information content (AvgIpc) is 2.48. The van der Waals surface area contributed by atoms with Gasteiger partial charge >= 0.3 is 0 Å². The van der Waals surface area contributed by atoms with Crippen LogP contribution in [0.25, 0.3) is 11.4 Å².